The van der Waals surface area contributed by atoms with Gasteiger partial charge < -0.3 is 10.3 Å². The van der Waals surface area contributed by atoms with Crippen molar-refractivity contribution >= 4 is 16.6 Å². The van der Waals surface area contributed by atoms with Crippen molar-refractivity contribution in [2.24, 2.45) is 0 Å². The summed E-state index contributed by atoms with van der Waals surface area (Å²) in [6.07, 6.45) is 9.40. The number of aryl methyl sites for hydroxylation is 1. The monoisotopic (exact) mass is 448 g/mol. The van der Waals surface area contributed by atoms with Crippen molar-refractivity contribution in [2.75, 3.05) is 0 Å². The smallest absolute Gasteiger partial charge is 0.158 e. The summed E-state index contributed by atoms with van der Waals surface area (Å²) in [4.78, 5) is 12.4. The van der Waals surface area contributed by atoms with Gasteiger partial charge in [-0.3, -0.25) is 4.98 Å². The molecule has 1 saturated carbocycles. The Balaban J connectivity index is 1.57. The number of hydrogen-bond donors (Lipinski definition) is 2. The first kappa shape index (κ1) is 22.0. The van der Waals surface area contributed by atoms with Crippen LogP contribution in [0.25, 0.3) is 27.8 Å². The van der Waals surface area contributed by atoms with Crippen molar-refractivity contribution in [3.05, 3.63) is 47.4 Å². The molecular weight excluding hydrogens is 415 g/mol. The Morgan fingerprint density at radius 1 is 1.12 bits per heavy atom. The molecule has 0 unspecified atom stereocenters. The molecule has 0 amide bonds. The maximum atomic E-state index is 16.1. The minimum absolute atomic E-state index is 0.149. The minimum Gasteiger partial charge on any atom is -0.353 e. The number of fused-ring (bicyclic) bond motifs is 2. The summed E-state index contributed by atoms with van der Waals surface area (Å²) in [6, 6.07) is 3.09. The maximum absolute atomic E-state index is 16.1. The summed E-state index contributed by atoms with van der Waals surface area (Å²) in [5, 5.41) is 8.62. The fraction of sp³-hybridized carbons (Fsp3) is 0.500. The van der Waals surface area contributed by atoms with Gasteiger partial charge in [0.05, 0.1) is 23.1 Å². The van der Waals surface area contributed by atoms with E-state index in [0.717, 1.165) is 59.2 Å². The number of halogens is 1. The number of H-pyrrole nitrogens is 1. The van der Waals surface area contributed by atoms with Crippen LogP contribution in [-0.4, -0.2) is 36.6 Å². The Hall–Kier alpha value is -2.80. The molecule has 4 aromatic heterocycles. The molecular formula is C26H33FN6. The maximum Gasteiger partial charge on any atom is 0.158 e. The zero-order chi connectivity index (χ0) is 23.3. The van der Waals surface area contributed by atoms with Crippen LogP contribution in [0, 0.1) is 12.7 Å². The largest absolute Gasteiger partial charge is 0.353 e. The third-order valence-corrected chi connectivity index (χ3v) is 6.95. The zero-order valence-electron chi connectivity index (χ0n) is 20.1. The molecule has 0 radical (unpaired) electrons. The topological polar surface area (TPSA) is 70.9 Å². The molecule has 4 aromatic rings. The van der Waals surface area contributed by atoms with Gasteiger partial charge in [-0.25, -0.2) is 13.9 Å². The van der Waals surface area contributed by atoms with Crippen LogP contribution in [0.3, 0.4) is 0 Å². The van der Waals surface area contributed by atoms with Gasteiger partial charge in [-0.05, 0) is 55.7 Å². The van der Waals surface area contributed by atoms with Crippen molar-refractivity contribution in [1.82, 2.24) is 29.9 Å². The van der Waals surface area contributed by atoms with Gasteiger partial charge in [-0.2, -0.15) is 5.10 Å². The van der Waals surface area contributed by atoms with Gasteiger partial charge in [-0.1, -0.05) is 27.7 Å². The number of hydrogen-bond acceptors (Lipinski definition) is 4. The first-order chi connectivity index (χ1) is 15.8. The van der Waals surface area contributed by atoms with Crippen LogP contribution in [0.15, 0.2) is 24.8 Å². The molecule has 5 rings (SSSR count). The highest BCUT2D eigenvalue weighted by Gasteiger charge is 2.29. The predicted molar refractivity (Wildman–Crippen MR) is 130 cm³/mol. The molecule has 6 nitrogen and oxygen atoms in total. The number of rotatable bonds is 5. The van der Waals surface area contributed by atoms with E-state index in [9.17, 15) is 0 Å². The molecule has 33 heavy (non-hydrogen) atoms. The lowest BCUT2D eigenvalue weighted by Crippen LogP contribution is -2.37. The minimum atomic E-state index is -0.155. The number of aromatic amines is 1. The summed E-state index contributed by atoms with van der Waals surface area (Å²) in [6.45, 7) is 10.6. The molecule has 0 bridgehead atoms. The SMILES string of the molecule is Cc1cc(-c2[nH]c3cnc(C4CCC(NC(C)C)CC4)c(F)c3c2C(C)C)cn2ncnc12. The van der Waals surface area contributed by atoms with E-state index < -0.39 is 0 Å². The van der Waals surface area contributed by atoms with Crippen LogP contribution >= 0.6 is 0 Å². The summed E-state index contributed by atoms with van der Waals surface area (Å²) in [7, 11) is 0. The van der Waals surface area contributed by atoms with Crippen molar-refractivity contribution in [2.45, 2.75) is 84.2 Å². The second-order valence-corrected chi connectivity index (χ2v) is 10.1. The predicted octanol–water partition coefficient (Wildman–Crippen LogP) is 5.87. The second-order valence-electron chi connectivity index (χ2n) is 10.1. The normalized spacial score (nSPS) is 19.4. The third kappa shape index (κ3) is 3.92. The Morgan fingerprint density at radius 3 is 2.58 bits per heavy atom. The van der Waals surface area contributed by atoms with Gasteiger partial charge >= 0.3 is 0 Å². The third-order valence-electron chi connectivity index (χ3n) is 6.95. The molecule has 0 aliphatic heterocycles. The standard InChI is InChI=1S/C26H33FN6/c1-14(2)21-22-20(32-24(21)18-10-16(5)26-29-13-30-33(26)12-18)11-28-25(23(22)27)17-6-8-19(9-7-17)31-15(3)4/h10-15,17,19,31-32H,6-9H2,1-5H3. The first-order valence-corrected chi connectivity index (χ1v) is 12.1. The first-order valence-electron chi connectivity index (χ1n) is 12.1. The molecule has 1 aliphatic rings. The highest BCUT2D eigenvalue weighted by molar-refractivity contribution is 5.92. The van der Waals surface area contributed by atoms with Gasteiger partial charge in [-0.15, -0.1) is 0 Å². The van der Waals surface area contributed by atoms with Gasteiger partial charge in [0.25, 0.3) is 0 Å². The molecule has 0 saturated heterocycles. The molecule has 1 aliphatic carbocycles. The average molecular weight is 449 g/mol. The van der Waals surface area contributed by atoms with E-state index in [1.807, 2.05) is 19.3 Å². The summed E-state index contributed by atoms with van der Waals surface area (Å²) < 4.78 is 17.8. The van der Waals surface area contributed by atoms with E-state index in [4.69, 9.17) is 0 Å². The van der Waals surface area contributed by atoms with Crippen LogP contribution in [0.5, 0.6) is 0 Å². The number of nitrogens with one attached hydrogen (secondary N) is 2. The van der Waals surface area contributed by atoms with Gasteiger partial charge in [0.15, 0.2) is 11.5 Å². The molecule has 174 valence electrons. The van der Waals surface area contributed by atoms with Crippen LogP contribution in [0.4, 0.5) is 4.39 Å². The molecule has 4 heterocycles. The number of pyridine rings is 2. The van der Waals surface area contributed by atoms with E-state index >= 15 is 4.39 Å². The Kier molecular flexibility index (Phi) is 5.69. The van der Waals surface area contributed by atoms with Crippen LogP contribution in [0.1, 0.15) is 82.0 Å². The average Bonchev–Trinajstić information content (AvgIpc) is 3.39. The second kappa shape index (κ2) is 8.52. The molecule has 2 N–H and O–H groups in total. The van der Waals surface area contributed by atoms with E-state index in [1.54, 1.807) is 10.8 Å². The highest BCUT2D eigenvalue weighted by atomic mass is 19.1. The Labute approximate surface area is 194 Å². The number of nitrogens with zero attached hydrogens (tertiary/aromatic N) is 4. The lowest BCUT2D eigenvalue weighted by atomic mass is 9.83. The summed E-state index contributed by atoms with van der Waals surface area (Å²) in [5.41, 5.74) is 6.15. The Morgan fingerprint density at radius 2 is 1.88 bits per heavy atom. The summed E-state index contributed by atoms with van der Waals surface area (Å²) >= 11 is 0. The molecule has 0 atom stereocenters. The van der Waals surface area contributed by atoms with Crippen LogP contribution in [0.2, 0.25) is 0 Å². The van der Waals surface area contributed by atoms with Crippen molar-refractivity contribution in [3.63, 3.8) is 0 Å². The van der Waals surface area contributed by atoms with E-state index in [2.05, 4.69) is 59.1 Å². The van der Waals surface area contributed by atoms with Crippen molar-refractivity contribution in [3.8, 4) is 11.3 Å². The van der Waals surface area contributed by atoms with E-state index in [-0.39, 0.29) is 17.7 Å². The Bertz CT molecular complexity index is 1290. The van der Waals surface area contributed by atoms with Crippen LogP contribution in [-0.2, 0) is 0 Å². The fourth-order valence-corrected chi connectivity index (χ4v) is 5.51. The van der Waals surface area contributed by atoms with Gasteiger partial charge in [0, 0.05) is 35.1 Å². The lowest BCUT2D eigenvalue weighted by molar-refractivity contribution is 0.319. The van der Waals surface area contributed by atoms with Gasteiger partial charge in [0.1, 0.15) is 6.33 Å². The molecule has 1 fully saturated rings. The summed E-state index contributed by atoms with van der Waals surface area (Å²) in [5.74, 6) is 0.167. The molecule has 0 aromatic carbocycles. The zero-order valence-corrected chi connectivity index (χ0v) is 20.1. The highest BCUT2D eigenvalue weighted by Crippen LogP contribution is 2.40. The van der Waals surface area contributed by atoms with Crippen molar-refractivity contribution in [1.29, 1.82) is 0 Å². The fourth-order valence-electron chi connectivity index (χ4n) is 5.51. The van der Waals surface area contributed by atoms with Gasteiger partial charge in [0.2, 0.25) is 0 Å². The molecule has 7 heteroatoms. The molecule has 0 spiro atoms. The van der Waals surface area contributed by atoms with Crippen LogP contribution < -0.4 is 5.32 Å². The number of aromatic nitrogens is 5. The lowest BCUT2D eigenvalue weighted by Gasteiger charge is -2.30. The quantitative estimate of drug-likeness (QED) is 0.401. The van der Waals surface area contributed by atoms with E-state index in [1.165, 1.54) is 0 Å². The van der Waals surface area contributed by atoms with E-state index in [0.29, 0.717) is 23.2 Å². The van der Waals surface area contributed by atoms with Crippen molar-refractivity contribution < 1.29 is 4.39 Å².